The molecule has 2 aliphatic rings. The number of hydrogen-bond donors (Lipinski definition) is 0. The highest BCUT2D eigenvalue weighted by Gasteiger charge is 2.35. The summed E-state index contributed by atoms with van der Waals surface area (Å²) in [5.41, 5.74) is 0.784. The summed E-state index contributed by atoms with van der Waals surface area (Å²) < 4.78 is 74.9. The summed E-state index contributed by atoms with van der Waals surface area (Å²) in [7, 11) is 0. The van der Waals surface area contributed by atoms with E-state index >= 15 is 0 Å². The van der Waals surface area contributed by atoms with E-state index in [2.05, 4.69) is 11.7 Å². The van der Waals surface area contributed by atoms with Crippen molar-refractivity contribution in [3.63, 3.8) is 0 Å². The fourth-order valence-corrected chi connectivity index (χ4v) is 6.42. The summed E-state index contributed by atoms with van der Waals surface area (Å²) in [6, 6.07) is 10.2. The second kappa shape index (κ2) is 13.4. The zero-order chi connectivity index (χ0) is 27.9. The first-order chi connectivity index (χ1) is 18.6. The Morgan fingerprint density at radius 3 is 1.56 bits per heavy atom. The van der Waals surface area contributed by atoms with E-state index in [9.17, 15) is 22.0 Å². The molecule has 7 heteroatoms. The molecule has 2 nitrogen and oxygen atoms in total. The molecular formula is C32H41F5O2. The number of hydrogen-bond acceptors (Lipinski definition) is 2. The van der Waals surface area contributed by atoms with E-state index in [1.807, 2.05) is 0 Å². The van der Waals surface area contributed by atoms with Crippen molar-refractivity contribution in [2.45, 2.75) is 109 Å². The Morgan fingerprint density at radius 1 is 0.615 bits per heavy atom. The van der Waals surface area contributed by atoms with Gasteiger partial charge in [0.2, 0.25) is 0 Å². The van der Waals surface area contributed by atoms with Crippen LogP contribution in [0.1, 0.15) is 107 Å². The molecular weight excluding hydrogens is 511 g/mol. The zero-order valence-corrected chi connectivity index (χ0v) is 22.8. The van der Waals surface area contributed by atoms with Gasteiger partial charge in [0, 0.05) is 0 Å². The van der Waals surface area contributed by atoms with Crippen LogP contribution in [0.25, 0.3) is 0 Å². The van der Waals surface area contributed by atoms with E-state index < -0.39 is 18.2 Å². The lowest BCUT2D eigenvalue weighted by atomic mass is 9.74. The Balaban J connectivity index is 1.20. The maximum absolute atomic E-state index is 14.7. The van der Waals surface area contributed by atoms with Gasteiger partial charge in [0.15, 0.2) is 0 Å². The lowest BCUT2D eigenvalue weighted by Crippen LogP contribution is -2.22. The van der Waals surface area contributed by atoms with Gasteiger partial charge in [-0.25, -0.2) is 0 Å². The first-order valence-electron chi connectivity index (χ1n) is 14.6. The highest BCUT2D eigenvalue weighted by Crippen LogP contribution is 2.41. The average molecular weight is 553 g/mol. The third-order valence-corrected chi connectivity index (χ3v) is 8.78. The van der Waals surface area contributed by atoms with Crippen LogP contribution < -0.4 is 9.47 Å². The minimum absolute atomic E-state index is 0.249. The molecule has 2 aliphatic carbocycles. The molecule has 0 saturated heterocycles. The second-order valence-corrected chi connectivity index (χ2v) is 11.6. The summed E-state index contributed by atoms with van der Waals surface area (Å²) >= 11 is 0. The molecule has 4 rings (SSSR count). The number of ether oxygens (including phenoxy) is 2. The summed E-state index contributed by atoms with van der Waals surface area (Å²) in [6.07, 6.45) is 8.54. The van der Waals surface area contributed by atoms with E-state index in [0.717, 1.165) is 60.4 Å². The molecule has 0 radical (unpaired) electrons. The molecule has 2 aromatic rings. The molecule has 0 aliphatic heterocycles. The Morgan fingerprint density at radius 2 is 1.08 bits per heavy atom. The smallest absolute Gasteiger partial charge is 0.429 e. The SMILES string of the molecule is CCCCC1CCC(CCC2CCC(c3ccc(C(F)(F)Oc4ccc(OC(F)(F)F)cc4)cc3)CC2)CC1. The lowest BCUT2D eigenvalue weighted by molar-refractivity contribution is -0.274. The Bertz CT molecular complexity index is 987. The van der Waals surface area contributed by atoms with Crippen molar-refractivity contribution in [3.8, 4) is 11.5 Å². The quantitative estimate of drug-likeness (QED) is 0.258. The van der Waals surface area contributed by atoms with E-state index in [0.29, 0.717) is 5.92 Å². The Hall–Kier alpha value is -2.31. The van der Waals surface area contributed by atoms with Crippen molar-refractivity contribution in [1.82, 2.24) is 0 Å². The first kappa shape index (κ1) is 29.7. The van der Waals surface area contributed by atoms with Crippen LogP contribution in [0.4, 0.5) is 22.0 Å². The van der Waals surface area contributed by atoms with E-state index in [1.54, 1.807) is 12.1 Å². The molecule has 0 N–H and O–H groups in total. The fraction of sp³-hybridized carbons (Fsp3) is 0.625. The van der Waals surface area contributed by atoms with Gasteiger partial charge in [-0.15, -0.1) is 13.2 Å². The summed E-state index contributed by atoms with van der Waals surface area (Å²) in [5.74, 6) is 2.29. The van der Waals surface area contributed by atoms with Gasteiger partial charge in [-0.05, 0) is 91.3 Å². The molecule has 0 amide bonds. The Kier molecular flexibility index (Phi) is 10.2. The maximum atomic E-state index is 14.7. The number of benzene rings is 2. The predicted molar refractivity (Wildman–Crippen MR) is 143 cm³/mol. The normalized spacial score (nSPS) is 24.4. The third-order valence-electron chi connectivity index (χ3n) is 8.78. The summed E-state index contributed by atoms with van der Waals surface area (Å²) in [5, 5.41) is 0. The van der Waals surface area contributed by atoms with Crippen LogP contribution >= 0.6 is 0 Å². The van der Waals surface area contributed by atoms with Crippen LogP contribution in [0, 0.1) is 17.8 Å². The highest BCUT2D eigenvalue weighted by atomic mass is 19.4. The monoisotopic (exact) mass is 552 g/mol. The summed E-state index contributed by atoms with van der Waals surface area (Å²) in [4.78, 5) is 0. The molecule has 0 atom stereocenters. The minimum Gasteiger partial charge on any atom is -0.429 e. The standard InChI is InChI=1S/C32H41F5O2/c1-2-3-4-23-5-7-24(8-6-23)9-10-25-11-13-26(14-12-25)27-15-17-28(18-16-27)31(33,34)38-29-19-21-30(22-20-29)39-32(35,36)37/h15-26H,2-14H2,1H3. The van der Waals surface area contributed by atoms with E-state index in [4.69, 9.17) is 4.74 Å². The van der Waals surface area contributed by atoms with Gasteiger partial charge < -0.3 is 9.47 Å². The van der Waals surface area contributed by atoms with Crippen LogP contribution in [0.3, 0.4) is 0 Å². The van der Waals surface area contributed by atoms with Crippen molar-refractivity contribution in [2.24, 2.45) is 17.8 Å². The number of rotatable bonds is 11. The highest BCUT2D eigenvalue weighted by molar-refractivity contribution is 5.33. The Labute approximate surface area is 229 Å². The van der Waals surface area contributed by atoms with Crippen LogP contribution in [-0.2, 0) is 6.11 Å². The van der Waals surface area contributed by atoms with Crippen molar-refractivity contribution in [2.75, 3.05) is 0 Å². The largest absolute Gasteiger partial charge is 0.573 e. The molecule has 39 heavy (non-hydrogen) atoms. The molecule has 0 bridgehead atoms. The minimum atomic E-state index is -4.85. The fourth-order valence-electron chi connectivity index (χ4n) is 6.42. The van der Waals surface area contributed by atoms with Gasteiger partial charge in [0.25, 0.3) is 0 Å². The first-order valence-corrected chi connectivity index (χ1v) is 14.6. The molecule has 2 aromatic carbocycles. The zero-order valence-electron chi connectivity index (χ0n) is 22.8. The van der Waals surface area contributed by atoms with Gasteiger partial charge in [0.1, 0.15) is 11.5 Å². The molecule has 2 fully saturated rings. The van der Waals surface area contributed by atoms with Gasteiger partial charge in [-0.1, -0.05) is 76.8 Å². The van der Waals surface area contributed by atoms with Crippen LogP contribution in [-0.4, -0.2) is 6.36 Å². The van der Waals surface area contributed by atoms with Crippen molar-refractivity contribution >= 4 is 0 Å². The van der Waals surface area contributed by atoms with Gasteiger partial charge in [-0.2, -0.15) is 8.78 Å². The third kappa shape index (κ3) is 9.11. The molecule has 2 saturated carbocycles. The van der Waals surface area contributed by atoms with Gasteiger partial charge in [0.05, 0.1) is 5.56 Å². The maximum Gasteiger partial charge on any atom is 0.573 e. The number of halogens is 5. The number of unbranched alkanes of at least 4 members (excludes halogenated alkanes) is 1. The topological polar surface area (TPSA) is 18.5 Å². The molecule has 0 unspecified atom stereocenters. The van der Waals surface area contributed by atoms with Gasteiger partial charge >= 0.3 is 12.5 Å². The van der Waals surface area contributed by atoms with Crippen LogP contribution in [0.15, 0.2) is 48.5 Å². The summed E-state index contributed by atoms with van der Waals surface area (Å²) in [6.45, 7) is 2.28. The van der Waals surface area contributed by atoms with Crippen molar-refractivity contribution in [3.05, 3.63) is 59.7 Å². The van der Waals surface area contributed by atoms with Crippen molar-refractivity contribution in [1.29, 1.82) is 0 Å². The molecule has 0 heterocycles. The van der Waals surface area contributed by atoms with Crippen LogP contribution in [0.2, 0.25) is 0 Å². The van der Waals surface area contributed by atoms with Crippen LogP contribution in [0.5, 0.6) is 11.5 Å². The van der Waals surface area contributed by atoms with Gasteiger partial charge in [-0.3, -0.25) is 0 Å². The second-order valence-electron chi connectivity index (χ2n) is 11.6. The number of alkyl halides is 5. The lowest BCUT2D eigenvalue weighted by Gasteiger charge is -2.32. The molecule has 216 valence electrons. The molecule has 0 aromatic heterocycles. The van der Waals surface area contributed by atoms with E-state index in [-0.39, 0.29) is 11.3 Å². The average Bonchev–Trinajstić information content (AvgIpc) is 2.92. The predicted octanol–water partition coefficient (Wildman–Crippen LogP) is 10.8. The van der Waals surface area contributed by atoms with Crippen molar-refractivity contribution < 1.29 is 31.4 Å². The van der Waals surface area contributed by atoms with E-state index in [1.165, 1.54) is 82.8 Å². The molecule has 0 spiro atoms.